The molecule has 0 N–H and O–H groups in total. The molecule has 0 spiro atoms. The summed E-state index contributed by atoms with van der Waals surface area (Å²) < 4.78 is 0. The fourth-order valence-corrected chi connectivity index (χ4v) is 4.91. The molecule has 5 atom stereocenters. The van der Waals surface area contributed by atoms with Crippen molar-refractivity contribution in [3.05, 3.63) is 0 Å². The molecule has 0 heterocycles. The molecule has 0 aliphatic heterocycles. The molecule has 0 radical (unpaired) electrons. The minimum atomic E-state index is 0.763. The average Bonchev–Trinajstić information content (AvgIpc) is 2.44. The SMILES string of the molecule is CC1C2CC3CC2(C)CC31C. The van der Waals surface area contributed by atoms with E-state index in [0.29, 0.717) is 0 Å². The molecule has 62 valence electrons. The Morgan fingerprint density at radius 3 is 2.18 bits per heavy atom. The lowest BCUT2D eigenvalue weighted by Gasteiger charge is -2.29. The summed E-state index contributed by atoms with van der Waals surface area (Å²) >= 11 is 0. The van der Waals surface area contributed by atoms with Crippen molar-refractivity contribution in [3.63, 3.8) is 0 Å². The Labute approximate surface area is 69.4 Å². The maximum Gasteiger partial charge on any atom is -0.0263 e. The summed E-state index contributed by atoms with van der Waals surface area (Å²) in [7, 11) is 0. The maximum atomic E-state index is 2.54. The Morgan fingerprint density at radius 2 is 2.00 bits per heavy atom. The van der Waals surface area contributed by atoms with Crippen molar-refractivity contribution in [2.45, 2.75) is 40.0 Å². The van der Waals surface area contributed by atoms with Gasteiger partial charge in [0.25, 0.3) is 0 Å². The van der Waals surface area contributed by atoms with Crippen molar-refractivity contribution in [3.8, 4) is 0 Å². The van der Waals surface area contributed by atoms with Crippen LogP contribution in [0, 0.1) is 28.6 Å². The van der Waals surface area contributed by atoms with Crippen molar-refractivity contribution in [1.29, 1.82) is 0 Å². The van der Waals surface area contributed by atoms with Gasteiger partial charge in [-0.15, -0.1) is 0 Å². The predicted octanol–water partition coefficient (Wildman–Crippen LogP) is 3.08. The first-order valence-corrected chi connectivity index (χ1v) is 5.06. The highest BCUT2D eigenvalue weighted by molar-refractivity contribution is 5.18. The van der Waals surface area contributed by atoms with Gasteiger partial charge in [-0.25, -0.2) is 0 Å². The van der Waals surface area contributed by atoms with Crippen molar-refractivity contribution in [1.82, 2.24) is 0 Å². The van der Waals surface area contributed by atoms with Crippen LogP contribution in [0.2, 0.25) is 0 Å². The molecular formula is C11H18. The molecule has 0 nitrogen and oxygen atoms in total. The molecule has 4 bridgehead atoms. The molecule has 4 aliphatic rings. The van der Waals surface area contributed by atoms with E-state index in [0.717, 1.165) is 28.6 Å². The fourth-order valence-electron chi connectivity index (χ4n) is 4.91. The van der Waals surface area contributed by atoms with Crippen LogP contribution >= 0.6 is 0 Å². The van der Waals surface area contributed by atoms with Crippen LogP contribution in [0.1, 0.15) is 40.0 Å². The molecule has 4 fully saturated rings. The second-order valence-corrected chi connectivity index (χ2v) is 5.87. The quantitative estimate of drug-likeness (QED) is 0.498. The van der Waals surface area contributed by atoms with Crippen LogP contribution in [-0.2, 0) is 0 Å². The van der Waals surface area contributed by atoms with E-state index in [1.807, 2.05) is 0 Å². The molecule has 0 saturated heterocycles. The van der Waals surface area contributed by atoms with Crippen molar-refractivity contribution in [2.24, 2.45) is 28.6 Å². The lowest BCUT2D eigenvalue weighted by atomic mass is 9.76. The molecule has 0 heteroatoms. The minimum Gasteiger partial charge on any atom is -0.0617 e. The van der Waals surface area contributed by atoms with Crippen molar-refractivity contribution < 1.29 is 0 Å². The van der Waals surface area contributed by atoms with E-state index in [4.69, 9.17) is 0 Å². The molecule has 0 amide bonds. The third-order valence-electron chi connectivity index (χ3n) is 5.51. The monoisotopic (exact) mass is 150 g/mol. The lowest BCUT2D eigenvalue weighted by molar-refractivity contribution is 0.197. The van der Waals surface area contributed by atoms with Gasteiger partial charge >= 0.3 is 0 Å². The van der Waals surface area contributed by atoms with Crippen molar-refractivity contribution >= 4 is 0 Å². The van der Waals surface area contributed by atoms with Gasteiger partial charge in [-0.1, -0.05) is 20.8 Å². The zero-order valence-corrected chi connectivity index (χ0v) is 7.85. The second kappa shape index (κ2) is 1.41. The standard InChI is InChI=1S/C11H18/c1-7-9-4-8-5-10(9,2)6-11(7,8)3/h7-9H,4-6H2,1-3H3. The first-order valence-electron chi connectivity index (χ1n) is 5.06. The van der Waals surface area contributed by atoms with Gasteiger partial charge in [-0.05, 0) is 47.8 Å². The molecule has 0 aromatic carbocycles. The van der Waals surface area contributed by atoms with Gasteiger partial charge in [0.05, 0.1) is 0 Å². The van der Waals surface area contributed by atoms with Gasteiger partial charge in [0.15, 0.2) is 0 Å². The molecule has 4 rings (SSSR count). The summed E-state index contributed by atoms with van der Waals surface area (Å²) in [5.74, 6) is 3.23. The third-order valence-corrected chi connectivity index (χ3v) is 5.51. The van der Waals surface area contributed by atoms with Crippen LogP contribution in [0.15, 0.2) is 0 Å². The van der Waals surface area contributed by atoms with Gasteiger partial charge in [0, 0.05) is 0 Å². The Hall–Kier alpha value is 0. The molecule has 0 aromatic rings. The Balaban J connectivity index is 2.15. The third kappa shape index (κ3) is 0.467. The smallest absolute Gasteiger partial charge is 0.0263 e. The van der Waals surface area contributed by atoms with Crippen LogP contribution in [0.5, 0.6) is 0 Å². The van der Waals surface area contributed by atoms with Gasteiger partial charge < -0.3 is 0 Å². The van der Waals surface area contributed by atoms with Gasteiger partial charge in [-0.3, -0.25) is 0 Å². The van der Waals surface area contributed by atoms with E-state index < -0.39 is 0 Å². The van der Waals surface area contributed by atoms with Crippen LogP contribution < -0.4 is 0 Å². The topological polar surface area (TPSA) is 0 Å². The van der Waals surface area contributed by atoms with Crippen molar-refractivity contribution in [2.75, 3.05) is 0 Å². The van der Waals surface area contributed by atoms with E-state index in [1.165, 1.54) is 6.42 Å². The molecule has 0 aromatic heterocycles. The normalized spacial score (nSPS) is 71.7. The highest BCUT2D eigenvalue weighted by Gasteiger charge is 2.69. The Morgan fingerprint density at radius 1 is 1.27 bits per heavy atom. The minimum absolute atomic E-state index is 0.763. The average molecular weight is 150 g/mol. The van der Waals surface area contributed by atoms with Crippen LogP contribution in [0.4, 0.5) is 0 Å². The molecular weight excluding hydrogens is 132 g/mol. The maximum absolute atomic E-state index is 2.54. The number of hydrogen-bond acceptors (Lipinski definition) is 0. The van der Waals surface area contributed by atoms with E-state index in [1.54, 1.807) is 12.8 Å². The van der Waals surface area contributed by atoms with Crippen LogP contribution in [0.25, 0.3) is 0 Å². The number of hydrogen-bond donors (Lipinski definition) is 0. The fraction of sp³-hybridized carbons (Fsp3) is 1.00. The van der Waals surface area contributed by atoms with E-state index in [-0.39, 0.29) is 0 Å². The number of rotatable bonds is 0. The predicted molar refractivity (Wildman–Crippen MR) is 46.2 cm³/mol. The highest BCUT2D eigenvalue weighted by atomic mass is 14.7. The van der Waals surface area contributed by atoms with Crippen LogP contribution in [-0.4, -0.2) is 0 Å². The lowest BCUT2D eigenvalue weighted by Crippen LogP contribution is -2.22. The summed E-state index contributed by atoms with van der Waals surface area (Å²) in [6.07, 6.45) is 4.66. The van der Waals surface area contributed by atoms with Gasteiger partial charge in [0.2, 0.25) is 0 Å². The van der Waals surface area contributed by atoms with Gasteiger partial charge in [-0.2, -0.15) is 0 Å². The summed E-state index contributed by atoms with van der Waals surface area (Å²) in [6.45, 7) is 7.57. The summed E-state index contributed by atoms with van der Waals surface area (Å²) in [4.78, 5) is 0. The summed E-state index contributed by atoms with van der Waals surface area (Å²) in [5, 5.41) is 0. The molecule has 11 heavy (non-hydrogen) atoms. The summed E-state index contributed by atoms with van der Waals surface area (Å²) in [6, 6.07) is 0. The summed E-state index contributed by atoms with van der Waals surface area (Å²) in [5.41, 5.74) is 1.54. The Bertz CT molecular complexity index is 216. The van der Waals surface area contributed by atoms with E-state index in [9.17, 15) is 0 Å². The highest BCUT2D eigenvalue weighted by Crippen LogP contribution is 2.77. The Kier molecular flexibility index (Phi) is 0.832. The largest absolute Gasteiger partial charge is 0.0617 e. The van der Waals surface area contributed by atoms with Gasteiger partial charge in [0.1, 0.15) is 0 Å². The first kappa shape index (κ1) is 6.51. The van der Waals surface area contributed by atoms with E-state index >= 15 is 0 Å². The van der Waals surface area contributed by atoms with Crippen LogP contribution in [0.3, 0.4) is 0 Å². The zero-order chi connectivity index (χ0) is 7.85. The van der Waals surface area contributed by atoms with E-state index in [2.05, 4.69) is 20.8 Å². The molecule has 4 saturated carbocycles. The second-order valence-electron chi connectivity index (χ2n) is 5.87. The zero-order valence-electron chi connectivity index (χ0n) is 7.85. The molecule has 4 aliphatic carbocycles. The first-order chi connectivity index (χ1) is 5.06. The molecule has 5 unspecified atom stereocenters.